The average molecular weight is 595 g/mol. The molecule has 2 atom stereocenters. The van der Waals surface area contributed by atoms with Gasteiger partial charge in [0.25, 0.3) is 0 Å². The van der Waals surface area contributed by atoms with Crippen LogP contribution in [0.5, 0.6) is 0 Å². The summed E-state index contributed by atoms with van der Waals surface area (Å²) in [6.07, 6.45) is 6.07. The number of allylic oxidation sites excluding steroid dienone is 3. The quantitative estimate of drug-likeness (QED) is 0.244. The van der Waals surface area contributed by atoms with Crippen LogP contribution in [0.3, 0.4) is 0 Å². The van der Waals surface area contributed by atoms with Crippen molar-refractivity contribution in [1.29, 1.82) is 0 Å². The minimum Gasteiger partial charge on any atom is -0.537 e. The van der Waals surface area contributed by atoms with Gasteiger partial charge in [-0.3, -0.25) is 4.99 Å². The number of aryl methyl sites for hydroxylation is 1. The van der Waals surface area contributed by atoms with Crippen LogP contribution in [0, 0.1) is 11.8 Å². The van der Waals surface area contributed by atoms with Crippen LogP contribution in [0.4, 0.5) is 17.6 Å². The number of halogens is 4. The van der Waals surface area contributed by atoms with Gasteiger partial charge in [0.15, 0.2) is 5.83 Å². The highest BCUT2D eigenvalue weighted by Gasteiger charge is 2.36. The zero-order valence-corrected chi connectivity index (χ0v) is 25.1. The van der Waals surface area contributed by atoms with Gasteiger partial charge < -0.3 is 20.5 Å². The average Bonchev–Trinajstić information content (AvgIpc) is 3.75. The van der Waals surface area contributed by atoms with Crippen molar-refractivity contribution in [2.75, 3.05) is 14.1 Å². The monoisotopic (exact) mass is 594 g/mol. The Bertz CT molecular complexity index is 1370. The van der Waals surface area contributed by atoms with Crippen LogP contribution in [-0.4, -0.2) is 42.0 Å². The van der Waals surface area contributed by atoms with Crippen molar-refractivity contribution in [2.45, 2.75) is 77.1 Å². The molecule has 1 saturated carbocycles. The zero-order valence-electron chi connectivity index (χ0n) is 25.1. The summed E-state index contributed by atoms with van der Waals surface area (Å²) in [4.78, 5) is 6.63. The Kier molecular flexibility index (Phi) is 9.69. The molecule has 2 aliphatic heterocycles. The maximum atomic E-state index is 16.4. The number of rotatable bonds is 11. The van der Waals surface area contributed by atoms with Gasteiger partial charge in [0.05, 0.1) is 17.0 Å². The molecule has 1 aliphatic carbocycles. The third-order valence-electron chi connectivity index (χ3n) is 8.65. The van der Waals surface area contributed by atoms with Crippen molar-refractivity contribution in [2.24, 2.45) is 21.9 Å². The van der Waals surface area contributed by atoms with Crippen LogP contribution in [0.15, 0.2) is 81.9 Å². The van der Waals surface area contributed by atoms with Crippen molar-refractivity contribution < 1.29 is 17.6 Å². The van der Waals surface area contributed by atoms with Gasteiger partial charge in [-0.15, -0.1) is 0 Å². The normalized spacial score (nSPS) is 20.3. The van der Waals surface area contributed by atoms with E-state index in [4.69, 9.17) is 0 Å². The molecule has 3 aliphatic rings. The fraction of sp³-hybridized carbons (Fsp3) is 0.471. The lowest BCUT2D eigenvalue weighted by Gasteiger charge is -2.29. The number of benzene rings is 2. The van der Waals surface area contributed by atoms with Crippen LogP contribution >= 0.6 is 0 Å². The predicted octanol–water partition coefficient (Wildman–Crippen LogP) is 8.83. The van der Waals surface area contributed by atoms with Gasteiger partial charge in [-0.05, 0) is 93.2 Å². The lowest BCUT2D eigenvalue weighted by Crippen LogP contribution is -2.29. The second kappa shape index (κ2) is 13.5. The van der Waals surface area contributed by atoms with Crippen molar-refractivity contribution in [3.05, 3.63) is 99.6 Å². The minimum atomic E-state index is -4.34. The molecule has 230 valence electrons. The second-order valence-corrected chi connectivity index (χ2v) is 11.8. The zero-order chi connectivity index (χ0) is 30.6. The molecule has 0 bridgehead atoms. The molecular formula is C34H40F4N5-. The van der Waals surface area contributed by atoms with E-state index in [1.807, 2.05) is 36.3 Å². The summed E-state index contributed by atoms with van der Waals surface area (Å²) in [5.74, 6) is 0.111. The maximum absolute atomic E-state index is 16.4. The van der Waals surface area contributed by atoms with Crippen LogP contribution < -0.4 is 0 Å². The molecule has 5 nitrogen and oxygen atoms in total. The van der Waals surface area contributed by atoms with Gasteiger partial charge in [-0.25, -0.2) is 4.39 Å². The van der Waals surface area contributed by atoms with E-state index in [0.717, 1.165) is 73.1 Å². The van der Waals surface area contributed by atoms with E-state index < -0.39 is 11.7 Å². The van der Waals surface area contributed by atoms with E-state index in [2.05, 4.69) is 46.8 Å². The first-order valence-electron chi connectivity index (χ1n) is 15.3. The van der Waals surface area contributed by atoms with Crippen LogP contribution in [0.2, 0.25) is 0 Å². The Hall–Kier alpha value is -3.46. The van der Waals surface area contributed by atoms with E-state index in [-0.39, 0.29) is 17.8 Å². The maximum Gasteiger partial charge on any atom is 0.416 e. The number of alkyl halides is 3. The largest absolute Gasteiger partial charge is 0.537 e. The van der Waals surface area contributed by atoms with Crippen molar-refractivity contribution in [3.63, 3.8) is 0 Å². The van der Waals surface area contributed by atoms with Crippen molar-refractivity contribution >= 4 is 11.9 Å². The summed E-state index contributed by atoms with van der Waals surface area (Å²) in [6.45, 7) is 2.67. The van der Waals surface area contributed by atoms with E-state index in [9.17, 15) is 13.2 Å². The molecule has 9 heteroatoms. The molecule has 5 rings (SSSR count). The SMILES string of the molecule is CCC1C(c2ccc(CN(C)C3=CCCC=NC(C(CCCc4ccc(C(F)(F)F)cc4)C4CC4)=C3F)cc2)=N[N-]N1C. The first-order valence-corrected chi connectivity index (χ1v) is 15.3. The molecule has 1 fully saturated rings. The summed E-state index contributed by atoms with van der Waals surface area (Å²) < 4.78 is 55.1. The molecule has 0 amide bonds. The lowest BCUT2D eigenvalue weighted by atomic mass is 9.90. The second-order valence-electron chi connectivity index (χ2n) is 11.8. The van der Waals surface area contributed by atoms with E-state index >= 15 is 4.39 Å². The molecule has 0 N–H and O–H groups in total. The Balaban J connectivity index is 1.27. The summed E-state index contributed by atoms with van der Waals surface area (Å²) in [7, 11) is 3.85. The fourth-order valence-electron chi connectivity index (χ4n) is 6.07. The summed E-state index contributed by atoms with van der Waals surface area (Å²) in [6, 6.07) is 13.8. The predicted molar refractivity (Wildman–Crippen MR) is 164 cm³/mol. The molecule has 0 saturated heterocycles. The van der Waals surface area contributed by atoms with Gasteiger partial charge in [0.1, 0.15) is 0 Å². The highest BCUT2D eigenvalue weighted by Crippen LogP contribution is 2.45. The fourth-order valence-corrected chi connectivity index (χ4v) is 6.07. The molecule has 0 aromatic heterocycles. The molecular weight excluding hydrogens is 554 g/mol. The lowest BCUT2D eigenvalue weighted by molar-refractivity contribution is -0.137. The smallest absolute Gasteiger partial charge is 0.416 e. The summed E-state index contributed by atoms with van der Waals surface area (Å²) in [5, 5.41) is 6.25. The van der Waals surface area contributed by atoms with Gasteiger partial charge in [0.2, 0.25) is 0 Å². The molecule has 2 aromatic carbocycles. The first-order chi connectivity index (χ1) is 20.7. The molecule has 0 spiro atoms. The van der Waals surface area contributed by atoms with E-state index in [1.54, 1.807) is 12.1 Å². The molecule has 2 unspecified atom stereocenters. The molecule has 0 radical (unpaired) electrons. The number of nitrogens with zero attached hydrogens (tertiary/aromatic N) is 5. The van der Waals surface area contributed by atoms with E-state index in [1.165, 1.54) is 0 Å². The number of likely N-dealkylation sites (N-methyl/N-ethyl adjacent to an activating group) is 2. The number of hydrogen-bond donors (Lipinski definition) is 0. The Morgan fingerprint density at radius 2 is 1.72 bits per heavy atom. The number of hydrogen-bond acceptors (Lipinski definition) is 4. The van der Waals surface area contributed by atoms with Crippen LogP contribution in [-0.2, 0) is 19.1 Å². The third-order valence-corrected chi connectivity index (χ3v) is 8.65. The van der Waals surface area contributed by atoms with Crippen LogP contribution in [0.1, 0.15) is 74.1 Å². The highest BCUT2D eigenvalue weighted by atomic mass is 19.4. The Labute approximate surface area is 252 Å². The Morgan fingerprint density at radius 1 is 1.02 bits per heavy atom. The van der Waals surface area contributed by atoms with Gasteiger partial charge in [-0.1, -0.05) is 49.4 Å². The van der Waals surface area contributed by atoms with Gasteiger partial charge >= 0.3 is 6.18 Å². The van der Waals surface area contributed by atoms with Crippen LogP contribution in [0.25, 0.3) is 5.53 Å². The van der Waals surface area contributed by atoms with Crippen molar-refractivity contribution in [3.8, 4) is 0 Å². The first kappa shape index (κ1) is 31.0. The standard InChI is InChI=1S/C34H40F4N5/c1-4-29-32(40-41-43(29)3)26-15-11-24(12-16-26)22-42(2)30-10-5-6-21-39-33(31(30)35)28(25-17-18-25)9-7-8-23-13-19-27(20-14-23)34(36,37)38/h10-16,19-21,25,28-29H,4-9,17-18,22H2,1-3H3/q-1. The van der Waals surface area contributed by atoms with E-state index in [0.29, 0.717) is 36.7 Å². The summed E-state index contributed by atoms with van der Waals surface area (Å²) >= 11 is 0. The minimum absolute atomic E-state index is 0.0119. The van der Waals surface area contributed by atoms with Crippen molar-refractivity contribution in [1.82, 2.24) is 9.91 Å². The Morgan fingerprint density at radius 3 is 2.37 bits per heavy atom. The third kappa shape index (κ3) is 7.55. The summed E-state index contributed by atoms with van der Waals surface area (Å²) in [5.41, 5.74) is 8.57. The molecule has 2 heterocycles. The highest BCUT2D eigenvalue weighted by molar-refractivity contribution is 6.05. The number of aliphatic imine (C=N–C) groups is 1. The topological polar surface area (TPSA) is 45.3 Å². The molecule has 43 heavy (non-hydrogen) atoms. The van der Waals surface area contributed by atoms with Gasteiger partial charge in [-0.2, -0.15) is 13.2 Å². The molecule has 2 aromatic rings. The van der Waals surface area contributed by atoms with Gasteiger partial charge in [0, 0.05) is 37.5 Å².